The van der Waals surface area contributed by atoms with Gasteiger partial charge in [0.05, 0.1) is 0 Å². The van der Waals surface area contributed by atoms with Gasteiger partial charge in [-0.25, -0.2) is 0 Å². The molecule has 0 fully saturated rings. The Labute approximate surface area is 187 Å². The molecule has 0 N–H and O–H groups in total. The van der Waals surface area contributed by atoms with E-state index in [4.69, 9.17) is 21.2 Å². The van der Waals surface area contributed by atoms with Crippen molar-refractivity contribution in [3.8, 4) is 0 Å². The van der Waals surface area contributed by atoms with Crippen LogP contribution in [0.25, 0.3) is 0 Å². The van der Waals surface area contributed by atoms with E-state index in [0.717, 1.165) is 18.5 Å². The Kier molecular flexibility index (Phi) is 12.6. The van der Waals surface area contributed by atoms with Crippen LogP contribution in [0.2, 0.25) is 77.6 Å². The molecule has 0 aliphatic carbocycles. The van der Waals surface area contributed by atoms with Crippen LogP contribution >= 0.6 is 0 Å². The minimum absolute atomic E-state index is 0.953. The van der Waals surface area contributed by atoms with Crippen molar-refractivity contribution >= 4 is 42.3 Å². The van der Waals surface area contributed by atoms with Gasteiger partial charge < -0.3 is 21.2 Å². The third-order valence-electron chi connectivity index (χ3n) is 4.36. The van der Waals surface area contributed by atoms with E-state index in [1.54, 1.807) is 14.2 Å². The molecule has 0 radical (unpaired) electrons. The van der Waals surface area contributed by atoms with Gasteiger partial charge in [0, 0.05) is 20.3 Å². The van der Waals surface area contributed by atoms with Crippen LogP contribution in [0.15, 0.2) is 0 Å². The summed E-state index contributed by atoms with van der Waals surface area (Å²) in [6, 6.07) is 2.02. The summed E-state index contributed by atoms with van der Waals surface area (Å²) in [6.07, 6.45) is 5.95. The van der Waals surface area contributed by atoms with Gasteiger partial charge in [0.1, 0.15) is 0 Å². The molecule has 0 amide bonds. The maximum Gasteiger partial charge on any atom is 0.469 e. The van der Waals surface area contributed by atoms with Crippen LogP contribution < -0.4 is 0 Å². The van der Waals surface area contributed by atoms with Crippen molar-refractivity contribution in [3.05, 3.63) is 0 Å². The first-order valence-electron chi connectivity index (χ1n) is 11.2. The van der Waals surface area contributed by atoms with Crippen molar-refractivity contribution in [2.24, 2.45) is 0 Å². The second-order valence-electron chi connectivity index (χ2n) is 11.1. The van der Waals surface area contributed by atoms with E-state index >= 15 is 0 Å². The first-order chi connectivity index (χ1) is 12.9. The largest absolute Gasteiger partial charge is 0.469 e. The number of rotatable bonds is 16. The molecule has 0 aliphatic heterocycles. The Morgan fingerprint density at radius 3 is 1.07 bits per heavy atom. The molecular weight excluding hydrogens is 449 g/mol. The van der Waals surface area contributed by atoms with Crippen LogP contribution in [0.1, 0.15) is 32.1 Å². The maximum absolute atomic E-state index is 6.75. The van der Waals surface area contributed by atoms with Crippen molar-refractivity contribution in [2.75, 3.05) is 14.2 Å². The maximum atomic E-state index is 6.75. The Morgan fingerprint density at radius 1 is 0.448 bits per heavy atom. The van der Waals surface area contributed by atoms with Gasteiger partial charge in [0.25, 0.3) is 0 Å². The molecule has 0 saturated heterocycles. The summed E-state index contributed by atoms with van der Waals surface area (Å²) in [4.78, 5) is 0. The molecule has 0 aromatic carbocycles. The number of hydrogen-bond acceptors (Lipinski definition) is 5. The first-order valence-corrected chi connectivity index (χ1v) is 25.8. The summed E-state index contributed by atoms with van der Waals surface area (Å²) < 4.78 is 31.4. The minimum atomic E-state index is -2.66. The van der Waals surface area contributed by atoms with Crippen LogP contribution in [-0.4, -0.2) is 56.5 Å². The average Bonchev–Trinajstić information content (AvgIpc) is 2.48. The van der Waals surface area contributed by atoms with Gasteiger partial charge in [-0.2, -0.15) is 0 Å². The first kappa shape index (κ1) is 29.9. The zero-order valence-electron chi connectivity index (χ0n) is 21.5. The van der Waals surface area contributed by atoms with Crippen molar-refractivity contribution in [1.82, 2.24) is 0 Å². The number of hydrogen-bond donors (Lipinski definition) is 0. The van der Waals surface area contributed by atoms with Crippen molar-refractivity contribution in [3.63, 3.8) is 0 Å². The second-order valence-corrected chi connectivity index (χ2v) is 31.7. The Hall–Kier alpha value is 0.884. The fourth-order valence-corrected chi connectivity index (χ4v) is 19.4. The molecule has 0 atom stereocenters. The van der Waals surface area contributed by atoms with Gasteiger partial charge in [-0.15, -0.1) is 0 Å². The zero-order valence-corrected chi connectivity index (χ0v) is 26.5. The molecule has 29 heavy (non-hydrogen) atoms. The minimum Gasteiger partial charge on any atom is -0.417 e. The SMILES string of the molecule is CO[Si](C)(CCCCCCC[Si](O[Si](C)(C)C)(O[Si](C)(C)C)O[Si](C)(C)C)OC. The summed E-state index contributed by atoms with van der Waals surface area (Å²) in [5.74, 6) is 0. The average molecular weight is 499 g/mol. The fourth-order valence-electron chi connectivity index (χ4n) is 3.22. The monoisotopic (exact) mass is 498 g/mol. The second kappa shape index (κ2) is 12.2. The van der Waals surface area contributed by atoms with E-state index in [0.29, 0.717) is 0 Å². The quantitative estimate of drug-likeness (QED) is 0.173. The molecule has 10 heteroatoms. The van der Waals surface area contributed by atoms with Gasteiger partial charge in [0.15, 0.2) is 25.0 Å². The van der Waals surface area contributed by atoms with Gasteiger partial charge in [-0.1, -0.05) is 25.7 Å². The fraction of sp³-hybridized carbons (Fsp3) is 1.00. The lowest BCUT2D eigenvalue weighted by molar-refractivity contribution is 0.248. The van der Waals surface area contributed by atoms with Crippen LogP contribution in [0.5, 0.6) is 0 Å². The van der Waals surface area contributed by atoms with Crippen molar-refractivity contribution in [2.45, 2.75) is 110 Å². The topological polar surface area (TPSA) is 46.2 Å². The third kappa shape index (κ3) is 15.3. The van der Waals surface area contributed by atoms with E-state index in [9.17, 15) is 0 Å². The molecule has 0 rings (SSSR count). The van der Waals surface area contributed by atoms with Crippen LogP contribution in [-0.2, 0) is 21.2 Å². The molecule has 0 aromatic heterocycles. The van der Waals surface area contributed by atoms with E-state index in [2.05, 4.69) is 65.5 Å². The molecule has 0 aromatic rings. The predicted molar refractivity (Wildman–Crippen MR) is 137 cm³/mol. The van der Waals surface area contributed by atoms with Gasteiger partial charge >= 0.3 is 17.4 Å². The molecular formula is C19H50O5Si5. The van der Waals surface area contributed by atoms with Gasteiger partial charge in [0.2, 0.25) is 0 Å². The Balaban J connectivity index is 4.87. The zero-order chi connectivity index (χ0) is 23.0. The highest BCUT2D eigenvalue weighted by Gasteiger charge is 2.49. The number of unbranched alkanes of at least 4 members (excludes halogenated alkanes) is 4. The lowest BCUT2D eigenvalue weighted by atomic mass is 10.2. The van der Waals surface area contributed by atoms with E-state index < -0.39 is 42.3 Å². The molecule has 0 aliphatic rings. The van der Waals surface area contributed by atoms with Crippen LogP contribution in [0.4, 0.5) is 0 Å². The highest BCUT2D eigenvalue weighted by Crippen LogP contribution is 2.30. The van der Waals surface area contributed by atoms with Crippen LogP contribution in [0, 0.1) is 0 Å². The van der Waals surface area contributed by atoms with E-state index in [-0.39, 0.29) is 0 Å². The predicted octanol–water partition coefficient (Wildman–Crippen LogP) is 6.80. The molecule has 5 nitrogen and oxygen atoms in total. The standard InChI is InChI=1S/C19H50O5Si5/c1-20-28(12,21-2)18-16-14-13-15-17-19-29(22-25(3,4)5,23-26(6,7)8)24-27(9,10)11/h13-19H2,1-12H3. The molecule has 176 valence electrons. The Morgan fingerprint density at radius 2 is 0.759 bits per heavy atom. The lowest BCUT2D eigenvalue weighted by Crippen LogP contribution is -2.60. The summed E-state index contributed by atoms with van der Waals surface area (Å²) in [5, 5.41) is 0. The lowest BCUT2D eigenvalue weighted by Gasteiger charge is -2.43. The molecule has 0 unspecified atom stereocenters. The highest BCUT2D eigenvalue weighted by molar-refractivity contribution is 6.90. The summed E-state index contributed by atoms with van der Waals surface area (Å²) in [7, 11) is -6.34. The summed E-state index contributed by atoms with van der Waals surface area (Å²) in [5.41, 5.74) is 0. The van der Waals surface area contributed by atoms with Crippen molar-refractivity contribution in [1.29, 1.82) is 0 Å². The van der Waals surface area contributed by atoms with Gasteiger partial charge in [-0.05, 0) is 77.9 Å². The smallest absolute Gasteiger partial charge is 0.417 e. The molecule has 0 spiro atoms. The molecule has 0 saturated carbocycles. The van der Waals surface area contributed by atoms with Crippen LogP contribution in [0.3, 0.4) is 0 Å². The molecule has 0 heterocycles. The van der Waals surface area contributed by atoms with Gasteiger partial charge in [-0.3, -0.25) is 0 Å². The third-order valence-corrected chi connectivity index (χ3v) is 19.4. The highest BCUT2D eigenvalue weighted by atomic mass is 28.5. The van der Waals surface area contributed by atoms with Crippen molar-refractivity contribution < 1.29 is 21.2 Å². The summed E-state index contributed by atoms with van der Waals surface area (Å²) in [6.45, 7) is 22.4. The van der Waals surface area contributed by atoms with E-state index in [1.165, 1.54) is 25.7 Å². The Bertz CT molecular complexity index is 413. The molecule has 0 bridgehead atoms. The normalized spacial score (nSPS) is 14.5. The summed E-state index contributed by atoms with van der Waals surface area (Å²) >= 11 is 0. The van der Waals surface area contributed by atoms with E-state index in [1.807, 2.05) is 0 Å².